The van der Waals surface area contributed by atoms with Gasteiger partial charge in [0.1, 0.15) is 24.4 Å². The van der Waals surface area contributed by atoms with Crippen LogP contribution in [0.2, 0.25) is 0 Å². The number of nitrogens with two attached hydrogens (primary N) is 2. The smallest absolute Gasteiger partial charge is 0.243 e. The lowest BCUT2D eigenvalue weighted by molar-refractivity contribution is -0.134. The van der Waals surface area contributed by atoms with Gasteiger partial charge in [0.2, 0.25) is 23.6 Å². The molecule has 1 rings (SSSR count). The lowest BCUT2D eigenvalue weighted by Crippen LogP contribution is -2.59. The quantitative estimate of drug-likeness (QED) is 0.0900. The number of carbonyl (C=O) groups is 5. The van der Waals surface area contributed by atoms with Crippen LogP contribution in [-0.2, 0) is 30.4 Å². The zero-order valence-corrected chi connectivity index (χ0v) is 27.4. The summed E-state index contributed by atoms with van der Waals surface area (Å²) in [6, 6.07) is 4.91. The summed E-state index contributed by atoms with van der Waals surface area (Å²) in [5, 5.41) is 11.2. The minimum atomic E-state index is -1.03. The summed E-state index contributed by atoms with van der Waals surface area (Å²) in [6.07, 6.45) is 3.87. The lowest BCUT2D eigenvalue weighted by Gasteiger charge is -2.27. The number of benzene rings is 1. The first-order valence-corrected chi connectivity index (χ1v) is 15.9. The number of nitrogens with one attached hydrogen (secondary N) is 4. The van der Waals surface area contributed by atoms with E-state index >= 15 is 0 Å². The first kappa shape index (κ1) is 38.7. The van der Waals surface area contributed by atoms with Crippen LogP contribution in [0.15, 0.2) is 30.3 Å². The van der Waals surface area contributed by atoms with Gasteiger partial charge >= 0.3 is 0 Å². The molecule has 0 aliphatic carbocycles. The van der Waals surface area contributed by atoms with Crippen LogP contribution >= 0.6 is 0 Å². The van der Waals surface area contributed by atoms with E-state index in [0.717, 1.165) is 12.0 Å². The van der Waals surface area contributed by atoms with Gasteiger partial charge in [-0.25, -0.2) is 0 Å². The number of carbonyl (C=O) groups excluding carboxylic acids is 5. The normalized spacial score (nSPS) is 14.8. The first-order valence-electron chi connectivity index (χ1n) is 15.9. The standard InChI is InChI=1S/C33H56N6O5/c1-21(2)16-26(35)30(41)37-28(18-23(5)6)32(43)39-29(19-24-12-8-7-9-13-24)33(44)38-27(17-22(3)4)31(42)36-25(20-40)14-10-11-15-34/h7-9,12-13,20-23,25-29H,10-11,14-19,34-35H2,1-6H3,(H,36,42)(H,37,41)(H,38,44)(H,39,43)/t25-,26-,27-,28-,29-/m0/s1. The highest BCUT2D eigenvalue weighted by atomic mass is 16.2. The molecule has 0 heterocycles. The van der Waals surface area contributed by atoms with Gasteiger partial charge in [-0.05, 0) is 68.4 Å². The average molecular weight is 617 g/mol. The molecule has 44 heavy (non-hydrogen) atoms. The summed E-state index contributed by atoms with van der Waals surface area (Å²) in [4.78, 5) is 65.1. The molecule has 1 aromatic rings. The minimum absolute atomic E-state index is 0.0563. The Kier molecular flexibility index (Phi) is 18.1. The zero-order valence-electron chi connectivity index (χ0n) is 27.4. The maximum absolute atomic E-state index is 13.7. The maximum atomic E-state index is 13.7. The van der Waals surface area contributed by atoms with Crippen molar-refractivity contribution in [2.45, 2.75) is 117 Å². The van der Waals surface area contributed by atoms with Crippen molar-refractivity contribution in [2.75, 3.05) is 6.54 Å². The van der Waals surface area contributed by atoms with Crippen molar-refractivity contribution in [1.29, 1.82) is 0 Å². The highest BCUT2D eigenvalue weighted by Crippen LogP contribution is 2.12. The zero-order chi connectivity index (χ0) is 33.2. The summed E-state index contributed by atoms with van der Waals surface area (Å²) >= 11 is 0. The number of hydrogen-bond donors (Lipinski definition) is 6. The van der Waals surface area contributed by atoms with Crippen LogP contribution in [-0.4, -0.2) is 66.7 Å². The second-order valence-electron chi connectivity index (χ2n) is 12.9. The van der Waals surface area contributed by atoms with Crippen molar-refractivity contribution >= 4 is 29.9 Å². The van der Waals surface area contributed by atoms with Crippen molar-refractivity contribution in [3.63, 3.8) is 0 Å². The van der Waals surface area contributed by atoms with Gasteiger partial charge in [0.15, 0.2) is 0 Å². The highest BCUT2D eigenvalue weighted by molar-refractivity contribution is 5.95. The summed E-state index contributed by atoms with van der Waals surface area (Å²) in [7, 11) is 0. The Balaban J connectivity index is 3.21. The van der Waals surface area contributed by atoms with E-state index in [0.29, 0.717) is 44.9 Å². The van der Waals surface area contributed by atoms with Crippen LogP contribution in [0.5, 0.6) is 0 Å². The Morgan fingerprint density at radius 3 is 1.66 bits per heavy atom. The molecule has 0 aromatic heterocycles. The number of hydrogen-bond acceptors (Lipinski definition) is 7. The Morgan fingerprint density at radius 1 is 0.682 bits per heavy atom. The van der Waals surface area contributed by atoms with E-state index in [2.05, 4.69) is 21.3 Å². The minimum Gasteiger partial charge on any atom is -0.345 e. The molecule has 0 aliphatic heterocycles. The fraction of sp³-hybridized carbons (Fsp3) is 0.667. The van der Waals surface area contributed by atoms with Gasteiger partial charge in [-0.1, -0.05) is 71.9 Å². The maximum Gasteiger partial charge on any atom is 0.243 e. The molecule has 0 saturated heterocycles. The fourth-order valence-corrected chi connectivity index (χ4v) is 4.87. The second-order valence-corrected chi connectivity index (χ2v) is 12.9. The number of rotatable bonds is 21. The van der Waals surface area contributed by atoms with Crippen LogP contribution < -0.4 is 32.7 Å². The van der Waals surface area contributed by atoms with Crippen LogP contribution in [0.3, 0.4) is 0 Å². The van der Waals surface area contributed by atoms with Gasteiger partial charge in [0.05, 0.1) is 12.1 Å². The third-order valence-corrected chi connectivity index (χ3v) is 7.12. The second kappa shape index (κ2) is 20.6. The summed E-state index contributed by atoms with van der Waals surface area (Å²) in [6.45, 7) is 12.2. The average Bonchev–Trinajstić information content (AvgIpc) is 2.95. The third-order valence-electron chi connectivity index (χ3n) is 7.12. The Hall–Kier alpha value is -3.31. The molecule has 0 aliphatic rings. The molecular formula is C33H56N6O5. The van der Waals surface area contributed by atoms with Gasteiger partial charge in [-0.15, -0.1) is 0 Å². The molecule has 11 heteroatoms. The lowest BCUT2D eigenvalue weighted by atomic mass is 9.98. The van der Waals surface area contributed by atoms with E-state index < -0.39 is 53.8 Å². The van der Waals surface area contributed by atoms with Gasteiger partial charge in [0.25, 0.3) is 0 Å². The highest BCUT2D eigenvalue weighted by Gasteiger charge is 2.32. The van der Waals surface area contributed by atoms with E-state index in [1.807, 2.05) is 71.9 Å². The topological polar surface area (TPSA) is 186 Å². The van der Waals surface area contributed by atoms with Crippen LogP contribution in [0.25, 0.3) is 0 Å². The molecule has 8 N–H and O–H groups in total. The molecule has 1 aromatic carbocycles. The Labute approximate surface area is 263 Å². The molecule has 4 amide bonds. The number of aldehydes is 1. The number of unbranched alkanes of at least 4 members (excludes halogenated alkanes) is 1. The largest absolute Gasteiger partial charge is 0.345 e. The van der Waals surface area contributed by atoms with E-state index in [4.69, 9.17) is 11.5 Å². The molecule has 11 nitrogen and oxygen atoms in total. The molecular weight excluding hydrogens is 560 g/mol. The predicted octanol–water partition coefficient (Wildman–Crippen LogP) is 1.96. The van der Waals surface area contributed by atoms with Crippen molar-refractivity contribution in [3.8, 4) is 0 Å². The summed E-state index contributed by atoms with van der Waals surface area (Å²) < 4.78 is 0. The van der Waals surface area contributed by atoms with Gasteiger partial charge in [-0.2, -0.15) is 0 Å². The molecule has 0 unspecified atom stereocenters. The van der Waals surface area contributed by atoms with Gasteiger partial charge in [0, 0.05) is 6.42 Å². The van der Waals surface area contributed by atoms with Crippen molar-refractivity contribution in [3.05, 3.63) is 35.9 Å². The van der Waals surface area contributed by atoms with Crippen LogP contribution in [0.1, 0.15) is 85.6 Å². The molecule has 0 radical (unpaired) electrons. The van der Waals surface area contributed by atoms with Gasteiger partial charge < -0.3 is 37.5 Å². The first-order chi connectivity index (χ1) is 20.8. The molecule has 5 atom stereocenters. The van der Waals surface area contributed by atoms with E-state index in [1.165, 1.54) is 0 Å². The molecule has 248 valence electrons. The summed E-state index contributed by atoms with van der Waals surface area (Å²) in [5.74, 6) is -1.61. The van der Waals surface area contributed by atoms with Crippen LogP contribution in [0, 0.1) is 17.8 Å². The van der Waals surface area contributed by atoms with Crippen molar-refractivity contribution in [1.82, 2.24) is 21.3 Å². The van der Waals surface area contributed by atoms with Crippen LogP contribution in [0.4, 0.5) is 0 Å². The Bertz CT molecular complexity index is 1030. The van der Waals surface area contributed by atoms with E-state index in [9.17, 15) is 24.0 Å². The third kappa shape index (κ3) is 15.4. The molecule has 0 spiro atoms. The van der Waals surface area contributed by atoms with E-state index in [1.54, 1.807) is 0 Å². The molecule has 0 saturated carbocycles. The molecule has 0 fully saturated rings. The van der Waals surface area contributed by atoms with Crippen molar-refractivity contribution < 1.29 is 24.0 Å². The fourth-order valence-electron chi connectivity index (χ4n) is 4.87. The number of amides is 4. The monoisotopic (exact) mass is 616 g/mol. The van der Waals surface area contributed by atoms with E-state index in [-0.39, 0.29) is 24.2 Å². The predicted molar refractivity (Wildman–Crippen MR) is 173 cm³/mol. The molecule has 0 bridgehead atoms. The SMILES string of the molecule is CC(C)C[C@H](NC(=O)[C@H](Cc1ccccc1)NC(=O)[C@H](CC(C)C)NC(=O)[C@@H](N)CC(C)C)C(=O)N[C@H](C=O)CCCCN. The summed E-state index contributed by atoms with van der Waals surface area (Å²) in [5.41, 5.74) is 12.4. The van der Waals surface area contributed by atoms with Crippen molar-refractivity contribution in [2.24, 2.45) is 29.2 Å². The van der Waals surface area contributed by atoms with Gasteiger partial charge in [-0.3, -0.25) is 19.2 Å². The Morgan fingerprint density at radius 2 is 1.16 bits per heavy atom.